The fourth-order valence-corrected chi connectivity index (χ4v) is 2.45. The number of nitrogens with one attached hydrogen (secondary N) is 3. The maximum Gasteiger partial charge on any atom is 0.263 e. The van der Waals surface area contributed by atoms with E-state index >= 15 is 0 Å². The Morgan fingerprint density at radius 3 is 3.00 bits per heavy atom. The summed E-state index contributed by atoms with van der Waals surface area (Å²) in [6.07, 6.45) is 0.225. The molecule has 1 aliphatic rings. The molecule has 100 valence electrons. The first-order valence-corrected chi connectivity index (χ1v) is 6.37. The minimum atomic E-state index is -1.79. The van der Waals surface area contributed by atoms with Gasteiger partial charge in [-0.05, 0) is 37.1 Å². The van der Waals surface area contributed by atoms with Crippen LogP contribution in [0.25, 0.3) is 10.9 Å². The van der Waals surface area contributed by atoms with Gasteiger partial charge in [0.15, 0.2) is 0 Å². The Labute approximate surface area is 110 Å². The molecule has 1 unspecified atom stereocenters. The molecular weight excluding hydrogens is 245 g/mol. The highest BCUT2D eigenvalue weighted by atomic mass is 19.1. The third kappa shape index (κ3) is 2.21. The van der Waals surface area contributed by atoms with Crippen LogP contribution in [0.1, 0.15) is 12.1 Å². The second kappa shape index (κ2) is 4.35. The number of alkyl halides is 1. The summed E-state index contributed by atoms with van der Waals surface area (Å²) in [5, 5.41) is 6.60. The lowest BCUT2D eigenvalue weighted by molar-refractivity contribution is -0.126. The van der Waals surface area contributed by atoms with E-state index in [1.807, 2.05) is 25.1 Å². The van der Waals surface area contributed by atoms with E-state index in [0.29, 0.717) is 12.2 Å². The molecule has 1 amide bonds. The van der Waals surface area contributed by atoms with Crippen LogP contribution in [-0.4, -0.2) is 29.6 Å². The monoisotopic (exact) mass is 261 g/mol. The molecule has 3 rings (SSSR count). The zero-order chi connectivity index (χ0) is 13.5. The number of benzene rings is 1. The summed E-state index contributed by atoms with van der Waals surface area (Å²) in [7, 11) is 0. The number of amides is 1. The van der Waals surface area contributed by atoms with Crippen LogP contribution in [0.5, 0.6) is 0 Å². The summed E-state index contributed by atoms with van der Waals surface area (Å²) >= 11 is 0. The Morgan fingerprint density at radius 1 is 1.42 bits per heavy atom. The molecule has 1 fully saturated rings. The molecule has 1 aromatic carbocycles. The second-order valence-electron chi connectivity index (χ2n) is 5.10. The Hall–Kier alpha value is -1.88. The summed E-state index contributed by atoms with van der Waals surface area (Å²) in [6, 6.07) is 7.55. The first-order chi connectivity index (χ1) is 9.07. The van der Waals surface area contributed by atoms with E-state index in [2.05, 4.69) is 15.6 Å². The molecular formula is C14H16FN3O. The molecule has 2 heterocycles. The van der Waals surface area contributed by atoms with Crippen molar-refractivity contribution in [1.82, 2.24) is 10.3 Å². The molecule has 4 nitrogen and oxygen atoms in total. The largest absolute Gasteiger partial charge is 0.359 e. The van der Waals surface area contributed by atoms with Crippen LogP contribution >= 0.6 is 0 Å². The van der Waals surface area contributed by atoms with Crippen LogP contribution in [0.4, 0.5) is 10.1 Å². The molecule has 19 heavy (non-hydrogen) atoms. The topological polar surface area (TPSA) is 56.9 Å². The highest BCUT2D eigenvalue weighted by Crippen LogP contribution is 2.24. The first-order valence-electron chi connectivity index (χ1n) is 6.37. The van der Waals surface area contributed by atoms with Crippen molar-refractivity contribution < 1.29 is 9.18 Å². The molecule has 0 spiro atoms. The lowest BCUT2D eigenvalue weighted by Crippen LogP contribution is -2.40. The van der Waals surface area contributed by atoms with E-state index in [-0.39, 0.29) is 13.0 Å². The van der Waals surface area contributed by atoms with Crippen LogP contribution in [0.2, 0.25) is 0 Å². The van der Waals surface area contributed by atoms with Crippen LogP contribution in [0.3, 0.4) is 0 Å². The van der Waals surface area contributed by atoms with Crippen molar-refractivity contribution in [2.45, 2.75) is 19.0 Å². The van der Waals surface area contributed by atoms with Crippen molar-refractivity contribution >= 4 is 22.5 Å². The Kier molecular flexibility index (Phi) is 2.78. The number of carbonyl (C=O) groups excluding carboxylic acids is 1. The highest BCUT2D eigenvalue weighted by molar-refractivity contribution is 5.99. The van der Waals surface area contributed by atoms with Gasteiger partial charge in [-0.25, -0.2) is 4.39 Å². The summed E-state index contributed by atoms with van der Waals surface area (Å²) < 4.78 is 14.2. The lowest BCUT2D eigenvalue weighted by atomic mass is 10.0. The summed E-state index contributed by atoms with van der Waals surface area (Å²) in [5.41, 5.74) is 0.817. The third-order valence-electron chi connectivity index (χ3n) is 3.53. The van der Waals surface area contributed by atoms with Gasteiger partial charge in [-0.1, -0.05) is 6.07 Å². The number of hydrogen-bond acceptors (Lipinski definition) is 2. The van der Waals surface area contributed by atoms with Crippen molar-refractivity contribution in [1.29, 1.82) is 0 Å². The molecule has 0 radical (unpaired) electrons. The van der Waals surface area contributed by atoms with E-state index in [9.17, 15) is 9.18 Å². The molecule has 5 heteroatoms. The number of H-pyrrole nitrogens is 1. The quantitative estimate of drug-likeness (QED) is 0.775. The van der Waals surface area contributed by atoms with Crippen LogP contribution in [0.15, 0.2) is 24.3 Å². The maximum atomic E-state index is 14.2. The van der Waals surface area contributed by atoms with E-state index in [0.717, 1.165) is 16.6 Å². The predicted octanol–water partition coefficient (Wildman–Crippen LogP) is 2.12. The SMILES string of the molecule is Cc1cc2ccc(NC(=O)C3(F)CCNC3)cc2[nH]1. The van der Waals surface area contributed by atoms with E-state index in [1.54, 1.807) is 6.07 Å². The second-order valence-corrected chi connectivity index (χ2v) is 5.10. The molecule has 1 aliphatic heterocycles. The fourth-order valence-electron chi connectivity index (χ4n) is 2.45. The van der Waals surface area contributed by atoms with E-state index in [1.165, 1.54) is 0 Å². The zero-order valence-corrected chi connectivity index (χ0v) is 10.7. The molecule has 0 bridgehead atoms. The standard InChI is InChI=1S/C14H16FN3O/c1-9-6-10-2-3-11(7-12(10)17-9)18-13(19)14(15)4-5-16-8-14/h2-3,6-7,16-17H,4-5,8H2,1H3,(H,18,19). The van der Waals surface area contributed by atoms with Gasteiger partial charge in [0, 0.05) is 29.9 Å². The number of halogens is 1. The number of rotatable bonds is 2. The van der Waals surface area contributed by atoms with Crippen LogP contribution in [-0.2, 0) is 4.79 Å². The summed E-state index contributed by atoms with van der Waals surface area (Å²) in [4.78, 5) is 15.1. The first kappa shape index (κ1) is 12.2. The van der Waals surface area contributed by atoms with Gasteiger partial charge >= 0.3 is 0 Å². The number of anilines is 1. The van der Waals surface area contributed by atoms with E-state index in [4.69, 9.17) is 0 Å². The van der Waals surface area contributed by atoms with Crippen LogP contribution < -0.4 is 10.6 Å². The normalized spacial score (nSPS) is 22.8. The van der Waals surface area contributed by atoms with E-state index < -0.39 is 11.6 Å². The van der Waals surface area contributed by atoms with Crippen molar-refractivity contribution in [3.8, 4) is 0 Å². The van der Waals surface area contributed by atoms with Crippen molar-refractivity contribution in [2.24, 2.45) is 0 Å². The van der Waals surface area contributed by atoms with Gasteiger partial charge < -0.3 is 15.6 Å². The average Bonchev–Trinajstić information content (AvgIpc) is 2.95. The lowest BCUT2D eigenvalue weighted by Gasteiger charge is -2.17. The molecule has 0 aliphatic carbocycles. The minimum Gasteiger partial charge on any atom is -0.359 e. The van der Waals surface area contributed by atoms with Gasteiger partial charge in [-0.2, -0.15) is 0 Å². The fraction of sp³-hybridized carbons (Fsp3) is 0.357. The average molecular weight is 261 g/mol. The van der Waals surface area contributed by atoms with Crippen molar-refractivity contribution in [3.05, 3.63) is 30.0 Å². The van der Waals surface area contributed by atoms with Gasteiger partial charge in [-0.3, -0.25) is 4.79 Å². The molecule has 1 saturated heterocycles. The van der Waals surface area contributed by atoms with Crippen molar-refractivity contribution in [3.63, 3.8) is 0 Å². The van der Waals surface area contributed by atoms with Crippen LogP contribution in [0, 0.1) is 6.92 Å². The maximum absolute atomic E-state index is 14.2. The molecule has 0 saturated carbocycles. The Morgan fingerprint density at radius 2 is 2.26 bits per heavy atom. The Balaban J connectivity index is 1.82. The highest BCUT2D eigenvalue weighted by Gasteiger charge is 2.41. The number of hydrogen-bond donors (Lipinski definition) is 3. The predicted molar refractivity (Wildman–Crippen MR) is 73.0 cm³/mol. The molecule has 1 atom stereocenters. The van der Waals surface area contributed by atoms with Gasteiger partial charge in [0.05, 0.1) is 0 Å². The van der Waals surface area contributed by atoms with Gasteiger partial charge in [0.1, 0.15) is 0 Å². The smallest absolute Gasteiger partial charge is 0.263 e. The molecule has 1 aromatic heterocycles. The molecule has 3 N–H and O–H groups in total. The van der Waals surface area contributed by atoms with Gasteiger partial charge in [-0.15, -0.1) is 0 Å². The Bertz CT molecular complexity index is 629. The summed E-state index contributed by atoms with van der Waals surface area (Å²) in [5.74, 6) is -0.569. The molecule has 2 aromatic rings. The van der Waals surface area contributed by atoms with Crippen molar-refractivity contribution in [2.75, 3.05) is 18.4 Å². The summed E-state index contributed by atoms with van der Waals surface area (Å²) in [6.45, 7) is 2.60. The number of aromatic amines is 1. The minimum absolute atomic E-state index is 0.0860. The number of carbonyl (C=O) groups is 1. The third-order valence-corrected chi connectivity index (χ3v) is 3.53. The van der Waals surface area contributed by atoms with Gasteiger partial charge in [0.25, 0.3) is 5.91 Å². The zero-order valence-electron chi connectivity index (χ0n) is 10.7. The number of aromatic nitrogens is 1. The number of fused-ring (bicyclic) bond motifs is 1. The number of aryl methyl sites for hydroxylation is 1. The van der Waals surface area contributed by atoms with Gasteiger partial charge in [0.2, 0.25) is 5.67 Å².